The average Bonchev–Trinajstić information content (AvgIpc) is 2.50. The van der Waals surface area contributed by atoms with Gasteiger partial charge in [-0.15, -0.1) is 0 Å². The molecule has 3 amide bonds. The van der Waals surface area contributed by atoms with Crippen molar-refractivity contribution >= 4 is 17.9 Å². The number of carbonyl (C=O) groups is 3. The number of aliphatic carboxylic acids is 1. The quantitative estimate of drug-likeness (QED) is 0.508. The van der Waals surface area contributed by atoms with E-state index in [0.717, 1.165) is 25.7 Å². The molecule has 7 nitrogen and oxygen atoms in total. The van der Waals surface area contributed by atoms with Gasteiger partial charge < -0.3 is 21.1 Å². The molecule has 4 N–H and O–H groups in total. The van der Waals surface area contributed by atoms with Crippen LogP contribution in [-0.2, 0) is 9.59 Å². The van der Waals surface area contributed by atoms with Crippen molar-refractivity contribution in [3.8, 4) is 0 Å². The zero-order valence-corrected chi connectivity index (χ0v) is 13.2. The Kier molecular flexibility index (Phi) is 8.32. The number of hydrogen-bond donors (Lipinski definition) is 4. The smallest absolute Gasteiger partial charge is 0.326 e. The first-order valence-corrected chi connectivity index (χ1v) is 8.09. The van der Waals surface area contributed by atoms with E-state index < -0.39 is 12.0 Å². The summed E-state index contributed by atoms with van der Waals surface area (Å²) in [7, 11) is 0. The van der Waals surface area contributed by atoms with Crippen molar-refractivity contribution in [1.82, 2.24) is 16.0 Å². The molecule has 22 heavy (non-hydrogen) atoms. The lowest BCUT2D eigenvalue weighted by atomic mass is 9.96. The molecular weight excluding hydrogens is 286 g/mol. The van der Waals surface area contributed by atoms with Crippen molar-refractivity contribution in [2.75, 3.05) is 6.54 Å². The molecule has 1 saturated carbocycles. The van der Waals surface area contributed by atoms with Crippen LogP contribution in [0.1, 0.15) is 58.3 Å². The van der Waals surface area contributed by atoms with E-state index in [1.165, 1.54) is 6.42 Å². The molecule has 0 saturated heterocycles. The van der Waals surface area contributed by atoms with Gasteiger partial charge in [0.1, 0.15) is 6.04 Å². The van der Waals surface area contributed by atoms with E-state index in [1.54, 1.807) is 6.92 Å². The summed E-state index contributed by atoms with van der Waals surface area (Å²) in [6, 6.07) is -0.766. The fourth-order valence-corrected chi connectivity index (χ4v) is 2.54. The standard InChI is InChI=1S/C15H27N3O4/c1-2-12(14(20)21)18-13(19)9-6-10-16-15(22)17-11-7-4-3-5-8-11/h11-12H,2-10H2,1H3,(H,18,19)(H,20,21)(H2,16,17,22). The fraction of sp³-hybridized carbons (Fsp3) is 0.800. The Morgan fingerprint density at radius 2 is 1.86 bits per heavy atom. The summed E-state index contributed by atoms with van der Waals surface area (Å²) in [4.78, 5) is 34.0. The maximum Gasteiger partial charge on any atom is 0.326 e. The Bertz CT molecular complexity index is 381. The molecule has 0 aliphatic heterocycles. The maximum absolute atomic E-state index is 11.7. The number of amides is 3. The summed E-state index contributed by atoms with van der Waals surface area (Å²) in [6.45, 7) is 2.10. The minimum Gasteiger partial charge on any atom is -0.480 e. The lowest BCUT2D eigenvalue weighted by Crippen LogP contribution is -2.43. The summed E-state index contributed by atoms with van der Waals surface area (Å²) in [5, 5.41) is 17.0. The van der Waals surface area contributed by atoms with Crippen LogP contribution in [0.25, 0.3) is 0 Å². The lowest BCUT2D eigenvalue weighted by Gasteiger charge is -2.22. The molecule has 1 rings (SSSR count). The van der Waals surface area contributed by atoms with E-state index in [0.29, 0.717) is 19.4 Å². The molecule has 0 aromatic carbocycles. The summed E-state index contributed by atoms with van der Waals surface area (Å²) in [6.07, 6.45) is 6.66. The number of urea groups is 1. The average molecular weight is 313 g/mol. The van der Waals surface area contributed by atoms with Crippen LogP contribution in [-0.4, -0.2) is 41.6 Å². The maximum atomic E-state index is 11.7. The van der Waals surface area contributed by atoms with Gasteiger partial charge in [-0.05, 0) is 25.7 Å². The van der Waals surface area contributed by atoms with E-state index >= 15 is 0 Å². The predicted octanol–water partition coefficient (Wildman–Crippen LogP) is 1.38. The van der Waals surface area contributed by atoms with Crippen molar-refractivity contribution in [3.63, 3.8) is 0 Å². The number of rotatable bonds is 8. The first-order chi connectivity index (χ1) is 10.5. The largest absolute Gasteiger partial charge is 0.480 e. The van der Waals surface area contributed by atoms with Gasteiger partial charge in [0.05, 0.1) is 0 Å². The Balaban J connectivity index is 2.09. The number of carbonyl (C=O) groups excluding carboxylic acids is 2. The van der Waals surface area contributed by atoms with Gasteiger partial charge in [-0.2, -0.15) is 0 Å². The topological polar surface area (TPSA) is 108 Å². The van der Waals surface area contributed by atoms with Gasteiger partial charge in [-0.1, -0.05) is 26.2 Å². The van der Waals surface area contributed by atoms with Crippen molar-refractivity contribution < 1.29 is 19.5 Å². The minimum atomic E-state index is -1.03. The Morgan fingerprint density at radius 1 is 1.18 bits per heavy atom. The second-order valence-electron chi connectivity index (χ2n) is 5.71. The molecule has 0 radical (unpaired) electrons. The molecule has 0 spiro atoms. The summed E-state index contributed by atoms with van der Waals surface area (Å²) in [5.41, 5.74) is 0. The normalized spacial score (nSPS) is 16.6. The first kappa shape index (κ1) is 18.3. The number of nitrogens with one attached hydrogen (secondary N) is 3. The van der Waals surface area contributed by atoms with E-state index in [9.17, 15) is 14.4 Å². The summed E-state index contributed by atoms with van der Waals surface area (Å²) in [5.74, 6) is -1.33. The van der Waals surface area contributed by atoms with Gasteiger partial charge in [-0.3, -0.25) is 4.79 Å². The van der Waals surface area contributed by atoms with Gasteiger partial charge >= 0.3 is 12.0 Å². The Hall–Kier alpha value is -1.79. The molecule has 1 atom stereocenters. The highest BCUT2D eigenvalue weighted by molar-refractivity contribution is 5.83. The molecule has 1 aliphatic rings. The van der Waals surface area contributed by atoms with Crippen LogP contribution in [0, 0.1) is 0 Å². The predicted molar refractivity (Wildman–Crippen MR) is 82.5 cm³/mol. The second kappa shape index (κ2) is 10.0. The molecule has 0 heterocycles. The van der Waals surface area contributed by atoms with Gasteiger partial charge in [0, 0.05) is 19.0 Å². The Morgan fingerprint density at radius 3 is 2.45 bits per heavy atom. The van der Waals surface area contributed by atoms with Gasteiger partial charge in [-0.25, -0.2) is 9.59 Å². The monoisotopic (exact) mass is 313 g/mol. The number of carboxylic acids is 1. The molecule has 1 unspecified atom stereocenters. The van der Waals surface area contributed by atoms with Crippen molar-refractivity contribution in [2.45, 2.75) is 70.4 Å². The van der Waals surface area contributed by atoms with Crippen LogP contribution in [0.2, 0.25) is 0 Å². The molecular formula is C15H27N3O4. The SMILES string of the molecule is CCC(NC(=O)CCCNC(=O)NC1CCCCC1)C(=O)O. The molecule has 126 valence electrons. The molecule has 0 bridgehead atoms. The van der Waals surface area contributed by atoms with Crippen LogP contribution in [0.15, 0.2) is 0 Å². The lowest BCUT2D eigenvalue weighted by molar-refractivity contribution is -0.141. The Labute approximate surface area is 131 Å². The summed E-state index contributed by atoms with van der Waals surface area (Å²) >= 11 is 0. The third kappa shape index (κ3) is 7.28. The van der Waals surface area contributed by atoms with Crippen LogP contribution in [0.5, 0.6) is 0 Å². The third-order valence-corrected chi connectivity index (χ3v) is 3.85. The highest BCUT2D eigenvalue weighted by Crippen LogP contribution is 2.17. The van der Waals surface area contributed by atoms with Gasteiger partial charge in [0.15, 0.2) is 0 Å². The van der Waals surface area contributed by atoms with Crippen molar-refractivity contribution in [1.29, 1.82) is 0 Å². The van der Waals surface area contributed by atoms with E-state index in [4.69, 9.17) is 5.11 Å². The molecule has 1 fully saturated rings. The number of hydrogen-bond acceptors (Lipinski definition) is 3. The highest BCUT2D eigenvalue weighted by atomic mass is 16.4. The zero-order valence-electron chi connectivity index (χ0n) is 13.2. The third-order valence-electron chi connectivity index (χ3n) is 3.85. The van der Waals surface area contributed by atoms with Crippen LogP contribution in [0.4, 0.5) is 4.79 Å². The zero-order chi connectivity index (χ0) is 16.4. The van der Waals surface area contributed by atoms with Crippen molar-refractivity contribution in [3.05, 3.63) is 0 Å². The molecule has 0 aromatic heterocycles. The van der Waals surface area contributed by atoms with Crippen molar-refractivity contribution in [2.24, 2.45) is 0 Å². The summed E-state index contributed by atoms with van der Waals surface area (Å²) < 4.78 is 0. The van der Waals surface area contributed by atoms with Crippen LogP contribution >= 0.6 is 0 Å². The molecule has 0 aromatic rings. The fourth-order valence-electron chi connectivity index (χ4n) is 2.54. The van der Waals surface area contributed by atoms with Gasteiger partial charge in [0.2, 0.25) is 5.91 Å². The highest BCUT2D eigenvalue weighted by Gasteiger charge is 2.17. The minimum absolute atomic E-state index is 0.190. The number of carboxylic acid groups (broad SMARTS) is 1. The van der Waals surface area contributed by atoms with Gasteiger partial charge in [0.25, 0.3) is 0 Å². The van der Waals surface area contributed by atoms with Crippen LogP contribution < -0.4 is 16.0 Å². The first-order valence-electron chi connectivity index (χ1n) is 8.09. The second-order valence-corrected chi connectivity index (χ2v) is 5.71. The molecule has 7 heteroatoms. The van der Waals surface area contributed by atoms with E-state index in [2.05, 4.69) is 16.0 Å². The molecule has 1 aliphatic carbocycles. The van der Waals surface area contributed by atoms with E-state index in [1.807, 2.05) is 0 Å². The van der Waals surface area contributed by atoms with Crippen LogP contribution in [0.3, 0.4) is 0 Å². The van der Waals surface area contributed by atoms with E-state index in [-0.39, 0.29) is 24.4 Å².